The Morgan fingerprint density at radius 1 is 1.10 bits per heavy atom. The van der Waals surface area contributed by atoms with E-state index in [0.717, 1.165) is 17.3 Å². The highest BCUT2D eigenvalue weighted by Gasteiger charge is 2.45. The summed E-state index contributed by atoms with van der Waals surface area (Å²) in [7, 11) is 0. The number of pyridine rings is 1. The van der Waals surface area contributed by atoms with Gasteiger partial charge in [-0.3, -0.25) is 19.3 Å². The smallest absolute Gasteiger partial charge is 0.433 e. The highest BCUT2D eigenvalue weighted by Crippen LogP contribution is 2.43. The molecule has 220 valence electrons. The van der Waals surface area contributed by atoms with E-state index in [0.29, 0.717) is 22.0 Å². The molecule has 40 heavy (non-hydrogen) atoms. The molecular weight excluding hydrogens is 572 g/mol. The number of rotatable bonds is 8. The molecule has 0 aromatic carbocycles. The normalized spacial score (nSPS) is 24.7. The third kappa shape index (κ3) is 6.57. The second-order valence-electron chi connectivity index (χ2n) is 11.6. The third-order valence-electron chi connectivity index (χ3n) is 8.06. The van der Waals surface area contributed by atoms with Crippen LogP contribution in [0.1, 0.15) is 87.0 Å². The van der Waals surface area contributed by atoms with E-state index >= 15 is 0 Å². The Balaban J connectivity index is 1.63. The topological polar surface area (TPSA) is 97.6 Å². The molecule has 8 nitrogen and oxygen atoms in total. The van der Waals surface area contributed by atoms with Gasteiger partial charge in [0.2, 0.25) is 0 Å². The Morgan fingerprint density at radius 2 is 1.73 bits per heavy atom. The van der Waals surface area contributed by atoms with Crippen LogP contribution in [0.4, 0.5) is 13.2 Å². The van der Waals surface area contributed by atoms with Gasteiger partial charge in [-0.2, -0.15) is 18.3 Å². The first-order chi connectivity index (χ1) is 18.6. The van der Waals surface area contributed by atoms with E-state index in [4.69, 9.17) is 27.9 Å². The molecule has 1 aliphatic carbocycles. The van der Waals surface area contributed by atoms with Crippen molar-refractivity contribution in [1.82, 2.24) is 19.7 Å². The molecule has 1 aliphatic heterocycles. The first kappa shape index (κ1) is 30.6. The summed E-state index contributed by atoms with van der Waals surface area (Å²) < 4.78 is 50.3. The number of carbonyl (C=O) groups is 2. The quantitative estimate of drug-likeness (QED) is 0.372. The van der Waals surface area contributed by atoms with Crippen molar-refractivity contribution in [3.63, 3.8) is 0 Å². The second kappa shape index (κ2) is 11.5. The van der Waals surface area contributed by atoms with Crippen molar-refractivity contribution in [2.75, 3.05) is 13.1 Å². The average Bonchev–Trinajstić information content (AvgIpc) is 3.46. The summed E-state index contributed by atoms with van der Waals surface area (Å²) in [4.78, 5) is 30.7. The zero-order valence-corrected chi connectivity index (χ0v) is 24.1. The SMILES string of the molecule is CC1(C)CC[C@@H](CN(CCc2c(Cl)cncc2Cl)C(=O)c2cnn([C@H]3CC[C@](C)(C(=O)O)CC3)c2C(F)(F)F)O1. The predicted molar refractivity (Wildman–Crippen MR) is 143 cm³/mol. The van der Waals surface area contributed by atoms with Crippen molar-refractivity contribution in [2.24, 2.45) is 5.41 Å². The Labute approximate surface area is 240 Å². The first-order valence-electron chi connectivity index (χ1n) is 13.2. The molecule has 3 heterocycles. The summed E-state index contributed by atoms with van der Waals surface area (Å²) in [6.45, 7) is 5.60. The zero-order valence-electron chi connectivity index (χ0n) is 22.6. The molecule has 4 rings (SSSR count). The van der Waals surface area contributed by atoms with Gasteiger partial charge in [-0.25, -0.2) is 0 Å². The van der Waals surface area contributed by atoms with Crippen molar-refractivity contribution >= 4 is 35.1 Å². The Morgan fingerprint density at radius 3 is 2.25 bits per heavy atom. The van der Waals surface area contributed by atoms with Gasteiger partial charge in [0.25, 0.3) is 5.91 Å². The lowest BCUT2D eigenvalue weighted by Crippen LogP contribution is -2.40. The van der Waals surface area contributed by atoms with Crippen LogP contribution in [0.5, 0.6) is 0 Å². The van der Waals surface area contributed by atoms with E-state index in [1.165, 1.54) is 17.3 Å². The van der Waals surface area contributed by atoms with Gasteiger partial charge in [0.1, 0.15) is 0 Å². The first-order valence-corrected chi connectivity index (χ1v) is 14.0. The molecule has 0 radical (unpaired) electrons. The number of ether oxygens (including phenoxy) is 1. The fraction of sp³-hybridized carbons (Fsp3) is 0.630. The van der Waals surface area contributed by atoms with Gasteiger partial charge >= 0.3 is 12.1 Å². The zero-order chi connectivity index (χ0) is 29.5. The molecule has 0 unspecified atom stereocenters. The molecule has 1 saturated heterocycles. The molecule has 2 aliphatic rings. The minimum absolute atomic E-state index is 0.0471. The van der Waals surface area contributed by atoms with Crippen LogP contribution in [0.15, 0.2) is 18.6 Å². The number of alkyl halides is 3. The average molecular weight is 605 g/mol. The van der Waals surface area contributed by atoms with Crippen molar-refractivity contribution in [3.8, 4) is 0 Å². The number of nitrogens with zero attached hydrogens (tertiary/aromatic N) is 4. The number of hydrogen-bond acceptors (Lipinski definition) is 5. The highest BCUT2D eigenvalue weighted by atomic mass is 35.5. The van der Waals surface area contributed by atoms with Gasteiger partial charge < -0.3 is 14.7 Å². The van der Waals surface area contributed by atoms with Crippen LogP contribution in [-0.2, 0) is 22.1 Å². The van der Waals surface area contributed by atoms with E-state index < -0.39 is 46.4 Å². The molecule has 0 spiro atoms. The van der Waals surface area contributed by atoms with Crippen molar-refractivity contribution in [2.45, 2.75) is 89.6 Å². The van der Waals surface area contributed by atoms with Crippen LogP contribution in [-0.4, -0.2) is 61.4 Å². The highest BCUT2D eigenvalue weighted by molar-refractivity contribution is 6.35. The van der Waals surface area contributed by atoms with Crippen molar-refractivity contribution in [3.05, 3.63) is 45.5 Å². The summed E-state index contributed by atoms with van der Waals surface area (Å²) in [5, 5.41) is 14.1. The predicted octanol–water partition coefficient (Wildman–Crippen LogP) is 6.45. The maximum absolute atomic E-state index is 14.5. The van der Waals surface area contributed by atoms with Crippen LogP contribution >= 0.6 is 23.2 Å². The van der Waals surface area contributed by atoms with Gasteiger partial charge in [-0.15, -0.1) is 0 Å². The molecule has 1 N–H and O–H groups in total. The largest absolute Gasteiger partial charge is 0.481 e. The van der Waals surface area contributed by atoms with Crippen LogP contribution < -0.4 is 0 Å². The number of carboxylic acid groups (broad SMARTS) is 1. The fourth-order valence-corrected chi connectivity index (χ4v) is 6.15. The number of halogens is 5. The standard InChI is InChI=1S/C27H33Cl2F3N4O4/c1-25(2)8-6-17(40-25)15-35(11-7-18-20(28)13-33-14-21(18)29)23(37)19-12-34-36(22(19)27(30,31)32)16-4-9-26(3,10-5-16)24(38)39/h12-14,16-17H,4-11,15H2,1-3H3,(H,38,39)/t16-,17-,26-/m0/s1. The maximum Gasteiger partial charge on any atom is 0.433 e. The molecule has 1 atom stereocenters. The Hall–Kier alpha value is -2.37. The molecule has 0 bridgehead atoms. The molecule has 2 aromatic rings. The van der Waals surface area contributed by atoms with Crippen molar-refractivity contribution < 1.29 is 32.6 Å². The van der Waals surface area contributed by atoms with Crippen molar-refractivity contribution in [1.29, 1.82) is 0 Å². The Bertz CT molecular complexity index is 1240. The van der Waals surface area contributed by atoms with Crippen LogP contribution in [0.3, 0.4) is 0 Å². The minimum Gasteiger partial charge on any atom is -0.481 e. The molecule has 1 amide bonds. The number of hydrogen-bond donors (Lipinski definition) is 1. The number of amides is 1. The van der Waals surface area contributed by atoms with E-state index in [1.54, 1.807) is 6.92 Å². The van der Waals surface area contributed by atoms with Gasteiger partial charge in [0.05, 0.1) is 45.0 Å². The van der Waals surface area contributed by atoms with Gasteiger partial charge in [-0.1, -0.05) is 23.2 Å². The fourth-order valence-electron chi connectivity index (χ4n) is 5.60. The monoisotopic (exact) mass is 604 g/mol. The molecule has 1 saturated carbocycles. The van der Waals surface area contributed by atoms with E-state index in [-0.39, 0.29) is 51.3 Å². The summed E-state index contributed by atoms with van der Waals surface area (Å²) in [6, 6.07) is -0.674. The summed E-state index contributed by atoms with van der Waals surface area (Å²) in [5.74, 6) is -1.79. The van der Waals surface area contributed by atoms with E-state index in [1.807, 2.05) is 13.8 Å². The maximum atomic E-state index is 14.5. The van der Waals surface area contributed by atoms with Crippen LogP contribution in [0.25, 0.3) is 0 Å². The lowest BCUT2D eigenvalue weighted by molar-refractivity contribution is -0.152. The number of aromatic nitrogens is 3. The molecule has 2 aromatic heterocycles. The summed E-state index contributed by atoms with van der Waals surface area (Å²) in [6.07, 6.45) is 1.04. The summed E-state index contributed by atoms with van der Waals surface area (Å²) in [5.41, 5.74) is -2.53. The lowest BCUT2D eigenvalue weighted by atomic mass is 9.74. The molecule has 13 heteroatoms. The molecular formula is C27H33Cl2F3N4O4. The van der Waals surface area contributed by atoms with E-state index in [2.05, 4.69) is 10.1 Å². The lowest BCUT2D eigenvalue weighted by Gasteiger charge is -2.34. The number of carboxylic acids is 1. The van der Waals surface area contributed by atoms with Crippen LogP contribution in [0, 0.1) is 5.41 Å². The van der Waals surface area contributed by atoms with Crippen LogP contribution in [0.2, 0.25) is 10.0 Å². The number of carbonyl (C=O) groups excluding carboxylic acids is 1. The minimum atomic E-state index is -4.86. The van der Waals surface area contributed by atoms with Gasteiger partial charge in [0, 0.05) is 25.5 Å². The van der Waals surface area contributed by atoms with Gasteiger partial charge in [-0.05, 0) is 71.3 Å². The Kier molecular flexibility index (Phi) is 8.78. The van der Waals surface area contributed by atoms with E-state index in [9.17, 15) is 27.9 Å². The number of aliphatic carboxylic acids is 1. The second-order valence-corrected chi connectivity index (χ2v) is 12.4. The molecule has 2 fully saturated rings. The van der Waals surface area contributed by atoms with Gasteiger partial charge in [0.15, 0.2) is 5.69 Å². The third-order valence-corrected chi connectivity index (χ3v) is 8.72. The summed E-state index contributed by atoms with van der Waals surface area (Å²) >= 11 is 12.5.